The van der Waals surface area contributed by atoms with Crippen molar-refractivity contribution in [2.24, 2.45) is 4.99 Å². The van der Waals surface area contributed by atoms with Crippen LogP contribution in [0.5, 0.6) is 17.2 Å². The Morgan fingerprint density at radius 2 is 1.29 bits per heavy atom. The third kappa shape index (κ3) is 9.40. The summed E-state index contributed by atoms with van der Waals surface area (Å²) in [5.41, 5.74) is 1.74. The molecule has 2 N–H and O–H groups in total. The van der Waals surface area contributed by atoms with Crippen LogP contribution >= 0.6 is 0 Å². The van der Waals surface area contributed by atoms with E-state index in [0.29, 0.717) is 47.0 Å². The van der Waals surface area contributed by atoms with Crippen molar-refractivity contribution in [3.8, 4) is 17.2 Å². The summed E-state index contributed by atoms with van der Waals surface area (Å²) in [6, 6.07) is 15.8. The molecule has 0 aliphatic heterocycles. The van der Waals surface area contributed by atoms with Crippen molar-refractivity contribution in [1.29, 1.82) is 0 Å². The number of carbonyl (C=O) groups excluding carboxylic acids is 1. The number of hydrogen-bond donors (Lipinski definition) is 2. The van der Waals surface area contributed by atoms with E-state index >= 15 is 0 Å². The van der Waals surface area contributed by atoms with Crippen molar-refractivity contribution in [3.63, 3.8) is 0 Å². The monoisotopic (exact) mass is 659 g/mol. The van der Waals surface area contributed by atoms with Crippen molar-refractivity contribution in [1.82, 2.24) is 0 Å². The van der Waals surface area contributed by atoms with Crippen LogP contribution in [-0.2, 0) is 21.2 Å². The third-order valence-electron chi connectivity index (χ3n) is 8.60. The maximum Gasteiger partial charge on any atom is 0.338 e. The standard InChI is InChI=1S/C41H57NO6/c1-11-14-22-47-36-20-17-31(39(5,6)7)25-33(36)41(45,34-26-32(40(8,9)10)18-21-37(34)48-23-15-12-2)28(4)42-27-30-24-29(16-19-35(30)43)38(44)46-13-3/h16-21,24-28,43,45H,11-15,22-23H2,1-10H3. The topological polar surface area (TPSA) is 97.6 Å². The fourth-order valence-electron chi connectivity index (χ4n) is 5.39. The van der Waals surface area contributed by atoms with Crippen LogP contribution in [0.2, 0.25) is 0 Å². The first-order valence-electron chi connectivity index (χ1n) is 17.4. The van der Waals surface area contributed by atoms with E-state index in [2.05, 4.69) is 67.5 Å². The van der Waals surface area contributed by atoms with Crippen LogP contribution in [0.1, 0.15) is 133 Å². The quantitative estimate of drug-likeness (QED) is 0.0959. The highest BCUT2D eigenvalue weighted by Gasteiger charge is 2.43. The number of phenolic OH excluding ortho intramolecular Hbond substituents is 1. The highest BCUT2D eigenvalue weighted by Crippen LogP contribution is 2.46. The maximum atomic E-state index is 13.4. The molecule has 262 valence electrons. The van der Waals surface area contributed by atoms with Crippen molar-refractivity contribution in [3.05, 3.63) is 88.0 Å². The molecule has 7 nitrogen and oxygen atoms in total. The molecule has 1 unspecified atom stereocenters. The molecule has 0 aliphatic rings. The molecule has 0 aliphatic carbocycles. The molecular formula is C41H57NO6. The van der Waals surface area contributed by atoms with Gasteiger partial charge in [-0.3, -0.25) is 4.99 Å². The van der Waals surface area contributed by atoms with Crippen molar-refractivity contribution in [2.75, 3.05) is 19.8 Å². The zero-order valence-corrected chi connectivity index (χ0v) is 30.8. The molecule has 0 aromatic heterocycles. The molecule has 0 heterocycles. The smallest absolute Gasteiger partial charge is 0.338 e. The van der Waals surface area contributed by atoms with Crippen LogP contribution in [0, 0.1) is 0 Å². The van der Waals surface area contributed by atoms with E-state index in [1.54, 1.807) is 13.0 Å². The van der Waals surface area contributed by atoms with Gasteiger partial charge in [-0.15, -0.1) is 0 Å². The van der Waals surface area contributed by atoms with Crippen LogP contribution in [0.15, 0.2) is 59.6 Å². The van der Waals surface area contributed by atoms with Gasteiger partial charge in [0.25, 0.3) is 0 Å². The Morgan fingerprint density at radius 3 is 1.73 bits per heavy atom. The number of unbranched alkanes of at least 4 members (excludes halogenated alkanes) is 2. The molecule has 7 heteroatoms. The van der Waals surface area contributed by atoms with E-state index in [9.17, 15) is 15.0 Å². The summed E-state index contributed by atoms with van der Waals surface area (Å²) in [7, 11) is 0. The number of aliphatic hydroxyl groups is 1. The van der Waals surface area contributed by atoms with E-state index < -0.39 is 17.6 Å². The molecule has 0 saturated carbocycles. The molecule has 3 rings (SSSR count). The van der Waals surface area contributed by atoms with Crippen LogP contribution in [0.4, 0.5) is 0 Å². The second-order valence-corrected chi connectivity index (χ2v) is 14.5. The summed E-state index contributed by atoms with van der Waals surface area (Å²) >= 11 is 0. The van der Waals surface area contributed by atoms with Crippen molar-refractivity contribution in [2.45, 2.75) is 117 Å². The number of ether oxygens (including phenoxy) is 3. The third-order valence-corrected chi connectivity index (χ3v) is 8.60. The zero-order valence-electron chi connectivity index (χ0n) is 30.8. The molecule has 0 fully saturated rings. The number of esters is 1. The second kappa shape index (κ2) is 16.5. The molecule has 3 aromatic rings. The number of hydrogen-bond acceptors (Lipinski definition) is 7. The van der Waals surface area contributed by atoms with Gasteiger partial charge in [0, 0.05) is 22.9 Å². The van der Waals surface area contributed by atoms with E-state index in [1.165, 1.54) is 18.3 Å². The van der Waals surface area contributed by atoms with Gasteiger partial charge in [0.05, 0.1) is 31.4 Å². The normalized spacial score (nSPS) is 13.1. The first-order valence-corrected chi connectivity index (χ1v) is 17.4. The van der Waals surface area contributed by atoms with Crippen LogP contribution < -0.4 is 9.47 Å². The van der Waals surface area contributed by atoms with Crippen LogP contribution in [0.25, 0.3) is 0 Å². The Balaban J connectivity index is 2.37. The Bertz CT molecular complexity index is 1470. The molecule has 0 radical (unpaired) electrons. The van der Waals surface area contributed by atoms with Gasteiger partial charge in [-0.2, -0.15) is 0 Å². The SMILES string of the molecule is CCCCOc1ccc(C(C)(C)C)cc1C(O)(c1cc(C(C)(C)C)ccc1OCCCC)C(C)N=Cc1cc(C(=O)OCC)ccc1O. The summed E-state index contributed by atoms with van der Waals surface area (Å²) in [5.74, 6) is 0.624. The highest BCUT2D eigenvalue weighted by molar-refractivity contribution is 5.93. The number of aliphatic imine (C=N–C) groups is 1. The number of nitrogens with zero attached hydrogens (tertiary/aromatic N) is 1. The van der Waals surface area contributed by atoms with Gasteiger partial charge < -0.3 is 24.4 Å². The maximum absolute atomic E-state index is 13.4. The minimum absolute atomic E-state index is 0.0424. The van der Waals surface area contributed by atoms with Gasteiger partial charge in [0.15, 0.2) is 0 Å². The highest BCUT2D eigenvalue weighted by atomic mass is 16.5. The molecule has 0 bridgehead atoms. The molecule has 0 amide bonds. The molecule has 0 saturated heterocycles. The average molecular weight is 660 g/mol. The van der Waals surface area contributed by atoms with Gasteiger partial charge in [-0.1, -0.05) is 80.4 Å². The fourth-order valence-corrected chi connectivity index (χ4v) is 5.39. The van der Waals surface area contributed by atoms with Crippen LogP contribution in [0.3, 0.4) is 0 Å². The molecule has 1 atom stereocenters. The summed E-state index contributed by atoms with van der Waals surface area (Å²) in [6.45, 7) is 21.9. The number of aromatic hydroxyl groups is 1. The number of carbonyl (C=O) groups is 1. The Labute approximate surface area is 288 Å². The molecule has 48 heavy (non-hydrogen) atoms. The lowest BCUT2D eigenvalue weighted by molar-refractivity contribution is 0.0515. The summed E-state index contributed by atoms with van der Waals surface area (Å²) in [5, 5.41) is 24.2. The molecule has 3 aromatic carbocycles. The van der Waals surface area contributed by atoms with Crippen LogP contribution in [-0.4, -0.2) is 48.3 Å². The van der Waals surface area contributed by atoms with Crippen molar-refractivity contribution >= 4 is 12.2 Å². The Hall–Kier alpha value is -3.84. The first-order chi connectivity index (χ1) is 22.6. The lowest BCUT2D eigenvalue weighted by Gasteiger charge is -2.37. The van der Waals surface area contributed by atoms with E-state index in [-0.39, 0.29) is 23.2 Å². The van der Waals surface area contributed by atoms with E-state index in [4.69, 9.17) is 19.2 Å². The Morgan fingerprint density at radius 1 is 0.792 bits per heavy atom. The van der Waals surface area contributed by atoms with E-state index in [0.717, 1.165) is 36.8 Å². The molecule has 0 spiro atoms. The van der Waals surface area contributed by atoms with Gasteiger partial charge in [0.1, 0.15) is 22.8 Å². The van der Waals surface area contributed by atoms with Crippen molar-refractivity contribution < 1.29 is 29.2 Å². The average Bonchev–Trinajstić information content (AvgIpc) is 3.03. The zero-order chi connectivity index (χ0) is 35.7. The predicted octanol–water partition coefficient (Wildman–Crippen LogP) is 9.27. The molecular weight excluding hydrogens is 602 g/mol. The van der Waals surface area contributed by atoms with Gasteiger partial charge in [0.2, 0.25) is 0 Å². The minimum atomic E-state index is -1.73. The predicted molar refractivity (Wildman–Crippen MR) is 195 cm³/mol. The number of rotatable bonds is 15. The number of phenols is 1. The largest absolute Gasteiger partial charge is 0.507 e. The lowest BCUT2D eigenvalue weighted by atomic mass is 9.75. The van der Waals surface area contributed by atoms with Gasteiger partial charge in [-0.25, -0.2) is 4.79 Å². The summed E-state index contributed by atoms with van der Waals surface area (Å²) in [6.07, 6.45) is 5.18. The van der Waals surface area contributed by atoms with Gasteiger partial charge in [-0.05, 0) is 91.1 Å². The minimum Gasteiger partial charge on any atom is -0.507 e. The first kappa shape index (κ1) is 38.6. The van der Waals surface area contributed by atoms with Gasteiger partial charge >= 0.3 is 5.97 Å². The second-order valence-electron chi connectivity index (χ2n) is 14.5. The van der Waals surface area contributed by atoms with E-state index in [1.807, 2.05) is 31.2 Å². The lowest BCUT2D eigenvalue weighted by Crippen LogP contribution is -2.39. The number of benzene rings is 3. The Kier molecular flexibility index (Phi) is 13.3. The fraction of sp³-hybridized carbons (Fsp3) is 0.512. The summed E-state index contributed by atoms with van der Waals surface area (Å²) in [4.78, 5) is 17.4. The summed E-state index contributed by atoms with van der Waals surface area (Å²) < 4.78 is 18.0.